The molecule has 1 amide bonds. The number of carbonyl (C=O) groups excluding carboxylic acids is 1. The van der Waals surface area contributed by atoms with E-state index in [4.69, 9.17) is 4.74 Å². The highest BCUT2D eigenvalue weighted by atomic mass is 32.2. The normalized spacial score (nSPS) is 23.9. The molecule has 2 fully saturated rings. The van der Waals surface area contributed by atoms with Crippen LogP contribution in [0.3, 0.4) is 0 Å². The van der Waals surface area contributed by atoms with Gasteiger partial charge < -0.3 is 15.0 Å². The van der Waals surface area contributed by atoms with Crippen LogP contribution in [-0.2, 0) is 9.53 Å². The van der Waals surface area contributed by atoms with Crippen molar-refractivity contribution in [3.8, 4) is 0 Å². The molecule has 0 aromatic carbocycles. The van der Waals surface area contributed by atoms with Gasteiger partial charge in [-0.15, -0.1) is 11.8 Å². The molecule has 18 heavy (non-hydrogen) atoms. The Labute approximate surface area is 114 Å². The number of nitrogens with one attached hydrogen (secondary N) is 1. The van der Waals surface area contributed by atoms with Crippen LogP contribution >= 0.6 is 11.8 Å². The molecule has 0 aromatic heterocycles. The zero-order valence-electron chi connectivity index (χ0n) is 11.2. The van der Waals surface area contributed by atoms with Gasteiger partial charge in [0.2, 0.25) is 5.91 Å². The topological polar surface area (TPSA) is 41.6 Å². The molecule has 0 spiro atoms. The van der Waals surface area contributed by atoms with Gasteiger partial charge in [-0.25, -0.2) is 0 Å². The maximum atomic E-state index is 12.0. The van der Waals surface area contributed by atoms with E-state index in [1.807, 2.05) is 16.7 Å². The number of piperidine rings is 1. The van der Waals surface area contributed by atoms with Crippen LogP contribution in [0.5, 0.6) is 0 Å². The van der Waals surface area contributed by atoms with E-state index in [0.717, 1.165) is 32.1 Å². The lowest BCUT2D eigenvalue weighted by molar-refractivity contribution is -0.132. The molecule has 4 nitrogen and oxygen atoms in total. The number of nitrogens with zero attached hydrogens (tertiary/aromatic N) is 1. The van der Waals surface area contributed by atoms with Gasteiger partial charge in [0.25, 0.3) is 0 Å². The first-order valence-electron chi connectivity index (χ1n) is 6.95. The van der Waals surface area contributed by atoms with Crippen LogP contribution in [0, 0.1) is 5.92 Å². The van der Waals surface area contributed by atoms with Gasteiger partial charge in [-0.1, -0.05) is 6.92 Å². The Bertz CT molecular complexity index is 264. The summed E-state index contributed by atoms with van der Waals surface area (Å²) in [5.41, 5.74) is 0. The molecule has 104 valence electrons. The number of thioether (sulfide) groups is 1. The molecule has 0 bridgehead atoms. The summed E-state index contributed by atoms with van der Waals surface area (Å²) in [5.74, 6) is 1.68. The van der Waals surface area contributed by atoms with Gasteiger partial charge >= 0.3 is 0 Å². The maximum Gasteiger partial charge on any atom is 0.232 e. The van der Waals surface area contributed by atoms with Crippen molar-refractivity contribution in [3.05, 3.63) is 0 Å². The molecule has 0 saturated carbocycles. The number of ether oxygens (including phenoxy) is 1. The van der Waals surface area contributed by atoms with E-state index < -0.39 is 0 Å². The third kappa shape index (κ3) is 4.14. The van der Waals surface area contributed by atoms with Crippen molar-refractivity contribution in [2.24, 2.45) is 5.92 Å². The van der Waals surface area contributed by atoms with Crippen LogP contribution < -0.4 is 5.32 Å². The zero-order valence-corrected chi connectivity index (χ0v) is 12.0. The molecular weight excluding hydrogens is 248 g/mol. The SMILES string of the molecule is CC(SCC(=O)N1CCOCC1)C1CCNCC1. The highest BCUT2D eigenvalue weighted by molar-refractivity contribution is 8.00. The van der Waals surface area contributed by atoms with Crippen molar-refractivity contribution in [1.82, 2.24) is 10.2 Å². The predicted octanol–water partition coefficient (Wildman–Crippen LogP) is 0.966. The van der Waals surface area contributed by atoms with E-state index in [-0.39, 0.29) is 5.91 Å². The summed E-state index contributed by atoms with van der Waals surface area (Å²) in [6, 6.07) is 0. The van der Waals surface area contributed by atoms with Crippen LogP contribution in [0.1, 0.15) is 19.8 Å². The van der Waals surface area contributed by atoms with Crippen molar-refractivity contribution >= 4 is 17.7 Å². The summed E-state index contributed by atoms with van der Waals surface area (Å²) < 4.78 is 5.26. The second-order valence-electron chi connectivity index (χ2n) is 5.10. The standard InChI is InChI=1S/C13H24N2O2S/c1-11(12-2-4-14-5-3-12)18-10-13(16)15-6-8-17-9-7-15/h11-12,14H,2-10H2,1H3. The fraction of sp³-hybridized carbons (Fsp3) is 0.923. The highest BCUT2D eigenvalue weighted by Crippen LogP contribution is 2.26. The summed E-state index contributed by atoms with van der Waals surface area (Å²) in [5, 5.41) is 3.98. The number of morpholine rings is 1. The van der Waals surface area contributed by atoms with Gasteiger partial charge in [-0.2, -0.15) is 0 Å². The zero-order chi connectivity index (χ0) is 12.8. The van der Waals surface area contributed by atoms with Crippen LogP contribution in [-0.4, -0.2) is 61.2 Å². The molecule has 1 N–H and O–H groups in total. The largest absolute Gasteiger partial charge is 0.378 e. The molecule has 0 aliphatic carbocycles. The van der Waals surface area contributed by atoms with Crippen molar-refractivity contribution in [2.75, 3.05) is 45.1 Å². The Balaban J connectivity index is 1.67. The van der Waals surface area contributed by atoms with Crippen LogP contribution in [0.4, 0.5) is 0 Å². The third-order valence-corrected chi connectivity index (χ3v) is 5.21. The van der Waals surface area contributed by atoms with E-state index in [1.165, 1.54) is 12.8 Å². The van der Waals surface area contributed by atoms with Gasteiger partial charge in [0.05, 0.1) is 19.0 Å². The van der Waals surface area contributed by atoms with Crippen LogP contribution in [0.15, 0.2) is 0 Å². The second kappa shape index (κ2) is 7.36. The molecule has 2 aliphatic rings. The number of amides is 1. The smallest absolute Gasteiger partial charge is 0.232 e. The summed E-state index contributed by atoms with van der Waals surface area (Å²) >= 11 is 1.82. The van der Waals surface area contributed by atoms with Crippen LogP contribution in [0.25, 0.3) is 0 Å². The minimum absolute atomic E-state index is 0.282. The summed E-state index contributed by atoms with van der Waals surface area (Å²) in [7, 11) is 0. The average Bonchev–Trinajstić information content (AvgIpc) is 2.46. The molecule has 2 heterocycles. The van der Waals surface area contributed by atoms with Gasteiger partial charge in [-0.05, 0) is 31.8 Å². The fourth-order valence-electron chi connectivity index (χ4n) is 2.56. The average molecular weight is 272 g/mol. The van der Waals surface area contributed by atoms with Crippen molar-refractivity contribution in [1.29, 1.82) is 0 Å². The number of hydrogen-bond donors (Lipinski definition) is 1. The molecule has 1 atom stereocenters. The Morgan fingerprint density at radius 1 is 1.39 bits per heavy atom. The molecule has 5 heteroatoms. The minimum atomic E-state index is 0.282. The first-order chi connectivity index (χ1) is 8.77. The lowest BCUT2D eigenvalue weighted by atomic mass is 9.95. The maximum absolute atomic E-state index is 12.0. The van der Waals surface area contributed by atoms with E-state index in [0.29, 0.717) is 24.2 Å². The lowest BCUT2D eigenvalue weighted by Crippen LogP contribution is -2.42. The van der Waals surface area contributed by atoms with Gasteiger partial charge in [0, 0.05) is 18.3 Å². The Hall–Kier alpha value is -0.260. The third-order valence-electron chi connectivity index (χ3n) is 3.88. The van der Waals surface area contributed by atoms with Crippen molar-refractivity contribution < 1.29 is 9.53 Å². The fourth-order valence-corrected chi connectivity index (χ4v) is 3.69. The molecule has 0 radical (unpaired) electrons. The molecule has 1 unspecified atom stereocenters. The Kier molecular flexibility index (Phi) is 5.79. The van der Waals surface area contributed by atoms with E-state index in [2.05, 4.69) is 12.2 Å². The van der Waals surface area contributed by atoms with E-state index in [1.54, 1.807) is 0 Å². The molecule has 2 saturated heterocycles. The molecular formula is C13H24N2O2S. The van der Waals surface area contributed by atoms with Gasteiger partial charge in [0.15, 0.2) is 0 Å². The first kappa shape index (κ1) is 14.2. The molecule has 2 aliphatic heterocycles. The van der Waals surface area contributed by atoms with Crippen LogP contribution in [0.2, 0.25) is 0 Å². The number of carbonyl (C=O) groups is 1. The summed E-state index contributed by atoms with van der Waals surface area (Å²) in [6.07, 6.45) is 2.50. The second-order valence-corrected chi connectivity index (χ2v) is 6.46. The van der Waals surface area contributed by atoms with Gasteiger partial charge in [-0.3, -0.25) is 4.79 Å². The first-order valence-corrected chi connectivity index (χ1v) is 8.00. The monoisotopic (exact) mass is 272 g/mol. The lowest BCUT2D eigenvalue weighted by Gasteiger charge is -2.30. The summed E-state index contributed by atoms with van der Waals surface area (Å²) in [4.78, 5) is 14.0. The van der Waals surface area contributed by atoms with Gasteiger partial charge in [0.1, 0.15) is 0 Å². The summed E-state index contributed by atoms with van der Waals surface area (Å²) in [6.45, 7) is 7.45. The predicted molar refractivity (Wildman–Crippen MR) is 74.9 cm³/mol. The molecule has 2 rings (SSSR count). The molecule has 0 aromatic rings. The Morgan fingerprint density at radius 2 is 2.06 bits per heavy atom. The van der Waals surface area contributed by atoms with Crippen molar-refractivity contribution in [3.63, 3.8) is 0 Å². The number of hydrogen-bond acceptors (Lipinski definition) is 4. The number of rotatable bonds is 4. The minimum Gasteiger partial charge on any atom is -0.378 e. The highest BCUT2D eigenvalue weighted by Gasteiger charge is 2.22. The van der Waals surface area contributed by atoms with Crippen molar-refractivity contribution in [2.45, 2.75) is 25.0 Å². The quantitative estimate of drug-likeness (QED) is 0.828. The van der Waals surface area contributed by atoms with E-state index in [9.17, 15) is 4.79 Å². The Morgan fingerprint density at radius 3 is 2.72 bits per heavy atom. The van der Waals surface area contributed by atoms with E-state index >= 15 is 0 Å².